The highest BCUT2D eigenvalue weighted by Gasteiger charge is 2.24. The predicted molar refractivity (Wildman–Crippen MR) is 94.2 cm³/mol. The molecule has 2 aromatic heterocycles. The summed E-state index contributed by atoms with van der Waals surface area (Å²) in [6.45, 7) is 0.559. The van der Waals surface area contributed by atoms with E-state index in [1.165, 1.54) is 10.7 Å². The summed E-state index contributed by atoms with van der Waals surface area (Å²) in [5.41, 5.74) is 3.27. The molecule has 6 heteroatoms. The van der Waals surface area contributed by atoms with Gasteiger partial charge in [-0.3, -0.25) is 14.6 Å². The lowest BCUT2D eigenvalue weighted by Gasteiger charge is -2.17. The number of amides is 1. The fourth-order valence-electron chi connectivity index (χ4n) is 3.05. The monoisotopic (exact) mass is 332 g/mol. The number of rotatable bonds is 3. The molecule has 0 fully saturated rings. The first-order valence-corrected chi connectivity index (χ1v) is 8.09. The largest absolute Gasteiger partial charge is 0.310 e. The van der Waals surface area contributed by atoms with Crippen LogP contribution in [0.15, 0.2) is 65.7 Å². The molecule has 124 valence electrons. The Bertz CT molecular complexity index is 982. The number of hydrogen-bond donors (Lipinski definition) is 0. The molecule has 0 saturated carbocycles. The highest BCUT2D eigenvalue weighted by Crippen LogP contribution is 2.27. The Morgan fingerprint density at radius 3 is 2.68 bits per heavy atom. The number of pyridine rings is 1. The second kappa shape index (κ2) is 6.32. The number of carbonyl (C=O) groups excluding carboxylic acids is 1. The van der Waals surface area contributed by atoms with E-state index in [0.717, 1.165) is 23.2 Å². The van der Waals surface area contributed by atoms with Gasteiger partial charge in [0.2, 0.25) is 5.91 Å². The minimum atomic E-state index is -0.293. The molecule has 0 radical (unpaired) electrons. The van der Waals surface area contributed by atoms with Crippen molar-refractivity contribution in [2.75, 3.05) is 11.4 Å². The molecule has 6 nitrogen and oxygen atoms in total. The maximum absolute atomic E-state index is 12.7. The van der Waals surface area contributed by atoms with Gasteiger partial charge in [0, 0.05) is 36.3 Å². The summed E-state index contributed by atoms with van der Waals surface area (Å²) >= 11 is 0. The van der Waals surface area contributed by atoms with Crippen LogP contribution >= 0.6 is 0 Å². The first-order valence-electron chi connectivity index (χ1n) is 8.09. The number of nitrogens with zero attached hydrogens (tertiary/aromatic N) is 4. The van der Waals surface area contributed by atoms with Gasteiger partial charge < -0.3 is 4.90 Å². The average molecular weight is 332 g/mol. The van der Waals surface area contributed by atoms with Gasteiger partial charge in [0.15, 0.2) is 0 Å². The van der Waals surface area contributed by atoms with Crippen molar-refractivity contribution >= 4 is 11.6 Å². The van der Waals surface area contributed by atoms with Crippen LogP contribution in [0.5, 0.6) is 0 Å². The SMILES string of the molecule is O=C(Cn1nc(-c2ccncc2)ccc1=O)N1CCc2ccccc21. The normalized spacial score (nSPS) is 12.9. The van der Waals surface area contributed by atoms with Crippen LogP contribution in [0.2, 0.25) is 0 Å². The van der Waals surface area contributed by atoms with Crippen molar-refractivity contribution in [2.24, 2.45) is 0 Å². The zero-order valence-electron chi connectivity index (χ0n) is 13.5. The molecule has 0 bridgehead atoms. The van der Waals surface area contributed by atoms with Crippen LogP contribution < -0.4 is 10.5 Å². The highest BCUT2D eigenvalue weighted by molar-refractivity contribution is 5.95. The van der Waals surface area contributed by atoms with E-state index < -0.39 is 0 Å². The molecule has 1 aliphatic heterocycles. The first kappa shape index (κ1) is 15.3. The van der Waals surface area contributed by atoms with Crippen LogP contribution in [-0.4, -0.2) is 27.2 Å². The Hall–Kier alpha value is -3.28. The Morgan fingerprint density at radius 2 is 1.84 bits per heavy atom. The van der Waals surface area contributed by atoms with Crippen molar-refractivity contribution in [2.45, 2.75) is 13.0 Å². The molecular weight excluding hydrogens is 316 g/mol. The number of hydrogen-bond acceptors (Lipinski definition) is 4. The fraction of sp³-hybridized carbons (Fsp3) is 0.158. The van der Waals surface area contributed by atoms with Gasteiger partial charge in [-0.25, -0.2) is 4.68 Å². The molecule has 25 heavy (non-hydrogen) atoms. The molecule has 3 aromatic rings. The number of benzene rings is 1. The summed E-state index contributed by atoms with van der Waals surface area (Å²) in [5.74, 6) is -0.133. The number of para-hydroxylation sites is 1. The molecule has 1 aromatic carbocycles. The van der Waals surface area contributed by atoms with Gasteiger partial charge in [-0.15, -0.1) is 0 Å². The van der Waals surface area contributed by atoms with E-state index in [2.05, 4.69) is 10.1 Å². The molecule has 0 unspecified atom stereocenters. The maximum Gasteiger partial charge on any atom is 0.267 e. The summed E-state index contributed by atoms with van der Waals surface area (Å²) in [7, 11) is 0. The van der Waals surface area contributed by atoms with Gasteiger partial charge >= 0.3 is 0 Å². The lowest BCUT2D eigenvalue weighted by molar-refractivity contribution is -0.119. The number of aromatic nitrogens is 3. The maximum atomic E-state index is 12.7. The molecule has 1 aliphatic rings. The quantitative estimate of drug-likeness (QED) is 0.734. The molecule has 4 rings (SSSR count). The van der Waals surface area contributed by atoms with Crippen LogP contribution in [0.25, 0.3) is 11.3 Å². The number of fused-ring (bicyclic) bond motifs is 1. The van der Waals surface area contributed by atoms with Crippen molar-refractivity contribution in [1.82, 2.24) is 14.8 Å². The Kier molecular flexibility index (Phi) is 3.85. The van der Waals surface area contributed by atoms with Crippen molar-refractivity contribution in [1.29, 1.82) is 0 Å². The van der Waals surface area contributed by atoms with E-state index in [-0.39, 0.29) is 18.0 Å². The van der Waals surface area contributed by atoms with Gasteiger partial charge in [0.1, 0.15) is 6.54 Å². The lowest BCUT2D eigenvalue weighted by atomic mass is 10.2. The summed E-state index contributed by atoms with van der Waals surface area (Å²) in [6.07, 6.45) is 4.17. The van der Waals surface area contributed by atoms with Gasteiger partial charge in [-0.2, -0.15) is 5.10 Å². The number of anilines is 1. The zero-order chi connectivity index (χ0) is 17.2. The van der Waals surface area contributed by atoms with Crippen LogP contribution in [0.1, 0.15) is 5.56 Å². The van der Waals surface area contributed by atoms with E-state index in [1.54, 1.807) is 23.4 Å². The van der Waals surface area contributed by atoms with E-state index in [0.29, 0.717) is 12.2 Å². The molecule has 1 amide bonds. The predicted octanol–water partition coefficient (Wildman–Crippen LogP) is 1.89. The van der Waals surface area contributed by atoms with Crippen LogP contribution in [0.4, 0.5) is 5.69 Å². The lowest BCUT2D eigenvalue weighted by Crippen LogP contribution is -2.36. The van der Waals surface area contributed by atoms with E-state index in [1.807, 2.05) is 36.4 Å². The first-order chi connectivity index (χ1) is 12.2. The van der Waals surface area contributed by atoms with Crippen molar-refractivity contribution < 1.29 is 4.79 Å². The Labute approximate surface area is 144 Å². The van der Waals surface area contributed by atoms with E-state index in [4.69, 9.17) is 0 Å². The summed E-state index contributed by atoms with van der Waals surface area (Å²) in [5, 5.41) is 4.34. The molecule has 3 heterocycles. The third kappa shape index (κ3) is 2.94. The van der Waals surface area contributed by atoms with Gasteiger partial charge in [0.25, 0.3) is 5.56 Å². The third-order valence-corrected chi connectivity index (χ3v) is 4.32. The fourth-order valence-corrected chi connectivity index (χ4v) is 3.05. The minimum absolute atomic E-state index is 0.0773. The standard InChI is InChI=1S/C19H16N4O2/c24-18-6-5-16(14-7-10-20-11-8-14)21-23(18)13-19(25)22-12-9-15-3-1-2-4-17(15)22/h1-8,10-11H,9,12-13H2. The summed E-state index contributed by atoms with van der Waals surface area (Å²) < 4.78 is 1.22. The van der Waals surface area contributed by atoms with E-state index in [9.17, 15) is 9.59 Å². The third-order valence-electron chi connectivity index (χ3n) is 4.32. The molecule has 0 spiro atoms. The molecule has 0 N–H and O–H groups in total. The minimum Gasteiger partial charge on any atom is -0.310 e. The number of carbonyl (C=O) groups is 1. The molecular formula is C19H16N4O2. The summed E-state index contributed by atoms with van der Waals surface area (Å²) in [4.78, 5) is 30.5. The molecule has 0 aliphatic carbocycles. The topological polar surface area (TPSA) is 68.1 Å². The Balaban J connectivity index is 1.61. The second-order valence-electron chi connectivity index (χ2n) is 5.87. The van der Waals surface area contributed by atoms with Gasteiger partial charge in [-0.05, 0) is 36.2 Å². The van der Waals surface area contributed by atoms with Crippen molar-refractivity contribution in [3.63, 3.8) is 0 Å². The molecule has 0 saturated heterocycles. The Morgan fingerprint density at radius 1 is 1.04 bits per heavy atom. The second-order valence-corrected chi connectivity index (χ2v) is 5.87. The summed E-state index contributed by atoms with van der Waals surface area (Å²) in [6, 6.07) is 14.6. The van der Waals surface area contributed by atoms with E-state index >= 15 is 0 Å². The molecule has 0 atom stereocenters. The van der Waals surface area contributed by atoms with Gasteiger partial charge in [-0.1, -0.05) is 18.2 Å². The van der Waals surface area contributed by atoms with Crippen LogP contribution in [-0.2, 0) is 17.8 Å². The average Bonchev–Trinajstić information content (AvgIpc) is 3.08. The van der Waals surface area contributed by atoms with Crippen LogP contribution in [0.3, 0.4) is 0 Å². The van der Waals surface area contributed by atoms with Crippen LogP contribution in [0, 0.1) is 0 Å². The van der Waals surface area contributed by atoms with Gasteiger partial charge in [0.05, 0.1) is 5.69 Å². The zero-order valence-corrected chi connectivity index (χ0v) is 13.5. The van der Waals surface area contributed by atoms with Crippen molar-refractivity contribution in [3.05, 3.63) is 76.8 Å². The smallest absolute Gasteiger partial charge is 0.267 e. The van der Waals surface area contributed by atoms with Crippen molar-refractivity contribution in [3.8, 4) is 11.3 Å². The highest BCUT2D eigenvalue weighted by atomic mass is 16.2.